The van der Waals surface area contributed by atoms with Gasteiger partial charge in [0, 0.05) is 6.54 Å². The number of benzene rings is 1. The largest absolute Gasteiger partial charge is 0.418 e. The average Bonchev–Trinajstić information content (AvgIpc) is 2.69. The van der Waals surface area contributed by atoms with Crippen LogP contribution in [0.4, 0.5) is 13.2 Å². The molecule has 0 saturated carbocycles. The number of hydrogen-bond donors (Lipinski definition) is 1. The van der Waals surface area contributed by atoms with Crippen molar-refractivity contribution in [3.8, 4) is 5.69 Å². The zero-order chi connectivity index (χ0) is 13.3. The van der Waals surface area contributed by atoms with Crippen LogP contribution in [0.5, 0.6) is 0 Å². The van der Waals surface area contributed by atoms with Crippen LogP contribution in [0.3, 0.4) is 0 Å². The van der Waals surface area contributed by atoms with Crippen molar-refractivity contribution in [3.63, 3.8) is 0 Å². The average molecular weight is 256 g/mol. The number of aryl methyl sites for hydroxylation is 1. The molecule has 1 aromatic carbocycles. The molecule has 0 amide bonds. The minimum Gasteiger partial charge on any atom is -0.325 e. The van der Waals surface area contributed by atoms with Crippen molar-refractivity contribution in [1.29, 1.82) is 0 Å². The molecule has 2 N–H and O–H groups in total. The maximum absolute atomic E-state index is 12.9. The second kappa shape index (κ2) is 4.41. The molecule has 0 fully saturated rings. The van der Waals surface area contributed by atoms with Crippen molar-refractivity contribution in [2.24, 2.45) is 5.73 Å². The number of rotatable bonds is 2. The molecule has 1 aromatic heterocycles. The van der Waals surface area contributed by atoms with Gasteiger partial charge in [-0.05, 0) is 19.1 Å². The fourth-order valence-electron chi connectivity index (χ4n) is 1.70. The van der Waals surface area contributed by atoms with Gasteiger partial charge in [-0.1, -0.05) is 17.3 Å². The molecule has 1 heterocycles. The number of hydrogen-bond acceptors (Lipinski definition) is 3. The number of para-hydroxylation sites is 1. The number of nitrogens with two attached hydrogens (primary N) is 1. The fourth-order valence-corrected chi connectivity index (χ4v) is 1.70. The highest BCUT2D eigenvalue weighted by Crippen LogP contribution is 2.33. The first-order valence-corrected chi connectivity index (χ1v) is 5.23. The van der Waals surface area contributed by atoms with E-state index in [0.29, 0.717) is 11.4 Å². The Balaban J connectivity index is 2.64. The Morgan fingerprint density at radius 1 is 1.28 bits per heavy atom. The summed E-state index contributed by atoms with van der Waals surface area (Å²) in [6, 6.07) is 5.20. The van der Waals surface area contributed by atoms with E-state index in [0.717, 1.165) is 10.7 Å². The van der Waals surface area contributed by atoms with Crippen LogP contribution in [0, 0.1) is 6.92 Å². The first-order chi connectivity index (χ1) is 8.45. The maximum Gasteiger partial charge on any atom is 0.418 e. The van der Waals surface area contributed by atoms with Crippen molar-refractivity contribution in [2.75, 3.05) is 0 Å². The van der Waals surface area contributed by atoms with E-state index in [-0.39, 0.29) is 12.2 Å². The van der Waals surface area contributed by atoms with Gasteiger partial charge < -0.3 is 5.73 Å². The molecule has 2 rings (SSSR count). The summed E-state index contributed by atoms with van der Waals surface area (Å²) >= 11 is 0. The molecule has 96 valence electrons. The van der Waals surface area contributed by atoms with Crippen LogP contribution < -0.4 is 5.73 Å². The highest BCUT2D eigenvalue weighted by atomic mass is 19.4. The summed E-state index contributed by atoms with van der Waals surface area (Å²) in [5, 5.41) is 7.47. The Labute approximate surface area is 101 Å². The van der Waals surface area contributed by atoms with E-state index in [1.54, 1.807) is 6.92 Å². The molecule has 0 aliphatic rings. The molecular formula is C11H11F3N4. The van der Waals surface area contributed by atoms with Gasteiger partial charge in [-0.25, -0.2) is 4.68 Å². The summed E-state index contributed by atoms with van der Waals surface area (Å²) in [5.74, 6) is 0. The van der Waals surface area contributed by atoms with Crippen molar-refractivity contribution in [2.45, 2.75) is 19.6 Å². The molecule has 0 spiro atoms. The molecule has 7 heteroatoms. The Kier molecular flexibility index (Phi) is 3.08. The van der Waals surface area contributed by atoms with E-state index < -0.39 is 11.7 Å². The topological polar surface area (TPSA) is 56.7 Å². The lowest BCUT2D eigenvalue weighted by Gasteiger charge is -2.13. The first kappa shape index (κ1) is 12.6. The third-order valence-corrected chi connectivity index (χ3v) is 2.59. The van der Waals surface area contributed by atoms with E-state index in [1.165, 1.54) is 18.2 Å². The van der Waals surface area contributed by atoms with Gasteiger partial charge in [0.2, 0.25) is 0 Å². The first-order valence-electron chi connectivity index (χ1n) is 5.23. The van der Waals surface area contributed by atoms with Crippen LogP contribution in [0.15, 0.2) is 24.3 Å². The molecule has 4 nitrogen and oxygen atoms in total. The van der Waals surface area contributed by atoms with Gasteiger partial charge in [0.1, 0.15) is 0 Å². The summed E-state index contributed by atoms with van der Waals surface area (Å²) in [6.07, 6.45) is -4.44. The van der Waals surface area contributed by atoms with E-state index >= 15 is 0 Å². The minimum atomic E-state index is -4.44. The van der Waals surface area contributed by atoms with E-state index in [2.05, 4.69) is 10.3 Å². The second-order valence-electron chi connectivity index (χ2n) is 3.75. The lowest BCUT2D eigenvalue weighted by molar-refractivity contribution is -0.137. The Morgan fingerprint density at radius 3 is 2.56 bits per heavy atom. The Hall–Kier alpha value is -1.89. The highest BCUT2D eigenvalue weighted by molar-refractivity contribution is 5.43. The molecule has 0 saturated heterocycles. The number of halogens is 3. The Morgan fingerprint density at radius 2 is 1.94 bits per heavy atom. The van der Waals surface area contributed by atoms with Gasteiger partial charge in [-0.3, -0.25) is 0 Å². The minimum absolute atomic E-state index is 0.0638. The van der Waals surface area contributed by atoms with Crippen LogP contribution in [0.2, 0.25) is 0 Å². The number of nitrogens with zero attached hydrogens (tertiary/aromatic N) is 3. The molecule has 0 atom stereocenters. The summed E-state index contributed by atoms with van der Waals surface area (Å²) in [6.45, 7) is 1.73. The van der Waals surface area contributed by atoms with E-state index in [1.807, 2.05) is 0 Å². The Bertz CT molecular complexity index is 560. The summed E-state index contributed by atoms with van der Waals surface area (Å²) in [5.41, 5.74) is 5.67. The summed E-state index contributed by atoms with van der Waals surface area (Å²) in [7, 11) is 0. The smallest absolute Gasteiger partial charge is 0.325 e. The van der Waals surface area contributed by atoms with Gasteiger partial charge in [0.15, 0.2) is 0 Å². The van der Waals surface area contributed by atoms with Gasteiger partial charge >= 0.3 is 6.18 Å². The van der Waals surface area contributed by atoms with Gasteiger partial charge in [-0.2, -0.15) is 13.2 Å². The zero-order valence-corrected chi connectivity index (χ0v) is 9.57. The van der Waals surface area contributed by atoms with E-state index in [9.17, 15) is 13.2 Å². The number of alkyl halides is 3. The maximum atomic E-state index is 12.9. The standard InChI is InChI=1S/C11H11F3N4/c1-7-10(6-15)18(17-16-7)9-5-3-2-4-8(9)11(12,13)14/h2-5H,6,15H2,1H3. The quantitative estimate of drug-likeness (QED) is 0.894. The predicted octanol–water partition coefficient (Wildman–Crippen LogP) is 2.05. The molecular weight excluding hydrogens is 245 g/mol. The predicted molar refractivity (Wildman–Crippen MR) is 59.0 cm³/mol. The molecule has 0 bridgehead atoms. The third-order valence-electron chi connectivity index (χ3n) is 2.59. The molecule has 18 heavy (non-hydrogen) atoms. The van der Waals surface area contributed by atoms with Gasteiger partial charge in [0.05, 0.1) is 22.6 Å². The van der Waals surface area contributed by atoms with Crippen LogP contribution in [0.1, 0.15) is 17.0 Å². The molecule has 0 aliphatic heterocycles. The molecule has 0 aliphatic carbocycles. The lowest BCUT2D eigenvalue weighted by atomic mass is 10.1. The lowest BCUT2D eigenvalue weighted by Crippen LogP contribution is -2.14. The van der Waals surface area contributed by atoms with Crippen LogP contribution in [-0.2, 0) is 12.7 Å². The van der Waals surface area contributed by atoms with Gasteiger partial charge in [0.25, 0.3) is 0 Å². The molecule has 0 radical (unpaired) electrons. The van der Waals surface area contributed by atoms with Crippen molar-refractivity contribution in [1.82, 2.24) is 15.0 Å². The van der Waals surface area contributed by atoms with Crippen LogP contribution in [0.25, 0.3) is 5.69 Å². The normalized spacial score (nSPS) is 11.8. The third kappa shape index (κ3) is 2.08. The van der Waals surface area contributed by atoms with Gasteiger partial charge in [-0.15, -0.1) is 5.10 Å². The number of aromatic nitrogens is 3. The van der Waals surface area contributed by atoms with Crippen molar-refractivity contribution < 1.29 is 13.2 Å². The molecule has 2 aromatic rings. The summed E-state index contributed by atoms with van der Waals surface area (Å²) in [4.78, 5) is 0. The summed E-state index contributed by atoms with van der Waals surface area (Å²) < 4.78 is 39.8. The molecule has 0 unspecified atom stereocenters. The van der Waals surface area contributed by atoms with Crippen LogP contribution in [-0.4, -0.2) is 15.0 Å². The zero-order valence-electron chi connectivity index (χ0n) is 9.57. The van der Waals surface area contributed by atoms with E-state index in [4.69, 9.17) is 5.73 Å². The van der Waals surface area contributed by atoms with Crippen LogP contribution >= 0.6 is 0 Å². The monoisotopic (exact) mass is 256 g/mol. The fraction of sp³-hybridized carbons (Fsp3) is 0.273. The van der Waals surface area contributed by atoms with Crippen molar-refractivity contribution >= 4 is 0 Å². The second-order valence-corrected chi connectivity index (χ2v) is 3.75. The van der Waals surface area contributed by atoms with Crippen molar-refractivity contribution in [3.05, 3.63) is 41.2 Å². The SMILES string of the molecule is Cc1nnn(-c2ccccc2C(F)(F)F)c1CN. The highest BCUT2D eigenvalue weighted by Gasteiger charge is 2.34.